The lowest BCUT2D eigenvalue weighted by atomic mass is 10.1. The molecule has 2 N–H and O–H groups in total. The van der Waals surface area contributed by atoms with E-state index in [-0.39, 0.29) is 30.1 Å². The Kier molecular flexibility index (Phi) is 11.2. The number of ether oxygens (including phenoxy) is 1. The normalized spacial score (nSPS) is 16.4. The number of guanidine groups is 1. The minimum Gasteiger partial charge on any atom is -0.469 e. The van der Waals surface area contributed by atoms with E-state index in [1.165, 1.54) is 0 Å². The second-order valence-electron chi connectivity index (χ2n) is 6.62. The van der Waals surface area contributed by atoms with Crippen molar-refractivity contribution < 1.29 is 13.9 Å². The zero-order valence-corrected chi connectivity index (χ0v) is 18.9. The van der Waals surface area contributed by atoms with Crippen LogP contribution in [0.3, 0.4) is 0 Å². The van der Waals surface area contributed by atoms with E-state index in [0.717, 1.165) is 37.4 Å². The Morgan fingerprint density at radius 2 is 2.15 bits per heavy atom. The van der Waals surface area contributed by atoms with Crippen LogP contribution >= 0.6 is 24.0 Å². The molecule has 1 atom stereocenters. The van der Waals surface area contributed by atoms with Crippen LogP contribution in [0.2, 0.25) is 0 Å². The van der Waals surface area contributed by atoms with Gasteiger partial charge in [0.25, 0.3) is 0 Å². The van der Waals surface area contributed by atoms with Gasteiger partial charge in [0.05, 0.1) is 12.9 Å². The summed E-state index contributed by atoms with van der Waals surface area (Å²) in [6, 6.07) is 4.52. The van der Waals surface area contributed by atoms with Crippen LogP contribution in [-0.2, 0) is 11.2 Å². The molecular formula is C19H33IN4O3. The second-order valence-corrected chi connectivity index (χ2v) is 6.62. The molecule has 1 aromatic heterocycles. The number of nitrogens with zero attached hydrogens (tertiary/aromatic N) is 2. The quantitative estimate of drug-likeness (QED) is 0.347. The van der Waals surface area contributed by atoms with E-state index in [0.29, 0.717) is 38.3 Å². The minimum atomic E-state index is -0.212. The molecule has 8 heteroatoms. The maximum atomic E-state index is 11.8. The van der Waals surface area contributed by atoms with Gasteiger partial charge in [0.2, 0.25) is 0 Å². The molecule has 1 aromatic rings. The number of rotatable bonds is 7. The molecule has 0 bridgehead atoms. The van der Waals surface area contributed by atoms with Crippen LogP contribution < -0.4 is 10.6 Å². The molecule has 1 aliphatic rings. The molecule has 0 spiro atoms. The second kappa shape index (κ2) is 12.9. The molecule has 2 rings (SSSR count). The summed E-state index contributed by atoms with van der Waals surface area (Å²) in [7, 11) is 0. The highest BCUT2D eigenvalue weighted by Crippen LogP contribution is 2.11. The topological polar surface area (TPSA) is 79.1 Å². The molecule has 154 valence electrons. The number of nitrogens with one attached hydrogen (secondary N) is 2. The number of hydrogen-bond acceptors (Lipinski definition) is 4. The number of likely N-dealkylation sites (tertiary alicyclic amines) is 1. The Bertz CT molecular complexity index is 557. The first kappa shape index (κ1) is 23.6. The van der Waals surface area contributed by atoms with E-state index in [2.05, 4.69) is 24.5 Å². The van der Waals surface area contributed by atoms with E-state index in [9.17, 15) is 4.79 Å². The number of piperidine rings is 1. The maximum Gasteiger partial charge on any atom is 0.409 e. The molecule has 1 amide bonds. The van der Waals surface area contributed by atoms with Gasteiger partial charge in [-0.1, -0.05) is 6.92 Å². The zero-order valence-electron chi connectivity index (χ0n) is 16.6. The largest absolute Gasteiger partial charge is 0.469 e. The molecular weight excluding hydrogens is 459 g/mol. The number of aliphatic imine (C=N–C) groups is 1. The van der Waals surface area contributed by atoms with Crippen LogP contribution in [0.4, 0.5) is 4.79 Å². The van der Waals surface area contributed by atoms with E-state index in [1.54, 1.807) is 11.2 Å². The average Bonchev–Trinajstić information content (AvgIpc) is 3.15. The molecule has 1 saturated heterocycles. The Morgan fingerprint density at radius 3 is 2.74 bits per heavy atom. The van der Waals surface area contributed by atoms with Crippen molar-refractivity contribution in [2.45, 2.75) is 58.5 Å². The van der Waals surface area contributed by atoms with Crippen molar-refractivity contribution >= 4 is 36.0 Å². The summed E-state index contributed by atoms with van der Waals surface area (Å²) in [6.45, 7) is 8.63. The first-order chi connectivity index (χ1) is 12.6. The monoisotopic (exact) mass is 492 g/mol. The Hall–Kier alpha value is -1.45. The van der Waals surface area contributed by atoms with Gasteiger partial charge in [0.1, 0.15) is 5.76 Å². The van der Waals surface area contributed by atoms with Crippen molar-refractivity contribution in [3.8, 4) is 0 Å². The predicted molar refractivity (Wildman–Crippen MR) is 118 cm³/mol. The zero-order chi connectivity index (χ0) is 18.8. The molecule has 0 aliphatic carbocycles. The first-order valence-electron chi connectivity index (χ1n) is 9.64. The molecule has 0 radical (unpaired) electrons. The Labute approximate surface area is 179 Å². The summed E-state index contributed by atoms with van der Waals surface area (Å²) in [5, 5.41) is 6.97. The maximum absolute atomic E-state index is 11.8. The van der Waals surface area contributed by atoms with Crippen molar-refractivity contribution in [1.82, 2.24) is 15.5 Å². The SMILES string of the molecule is CCOC(=O)N1CCC(NC(=NCCc2ccco2)NC(C)CC)CC1.I. The van der Waals surface area contributed by atoms with Crippen LogP contribution in [-0.4, -0.2) is 55.3 Å². The van der Waals surface area contributed by atoms with Crippen LogP contribution in [0.15, 0.2) is 27.8 Å². The van der Waals surface area contributed by atoms with E-state index in [4.69, 9.17) is 14.1 Å². The molecule has 1 fully saturated rings. The number of carbonyl (C=O) groups is 1. The van der Waals surface area contributed by atoms with Crippen molar-refractivity contribution in [2.75, 3.05) is 26.2 Å². The smallest absolute Gasteiger partial charge is 0.409 e. The summed E-state index contributed by atoms with van der Waals surface area (Å²) >= 11 is 0. The molecule has 0 saturated carbocycles. The first-order valence-corrected chi connectivity index (χ1v) is 9.64. The van der Waals surface area contributed by atoms with Crippen LogP contribution in [0.1, 0.15) is 45.8 Å². The van der Waals surface area contributed by atoms with Crippen molar-refractivity contribution in [3.05, 3.63) is 24.2 Å². The van der Waals surface area contributed by atoms with Gasteiger partial charge in [0.15, 0.2) is 5.96 Å². The lowest BCUT2D eigenvalue weighted by Gasteiger charge is -2.32. The number of amides is 1. The highest BCUT2D eigenvalue weighted by Gasteiger charge is 2.24. The third kappa shape index (κ3) is 8.40. The third-order valence-electron chi connectivity index (χ3n) is 4.57. The van der Waals surface area contributed by atoms with Gasteiger partial charge < -0.3 is 24.7 Å². The summed E-state index contributed by atoms with van der Waals surface area (Å²) in [6.07, 6.45) is 5.06. The highest BCUT2D eigenvalue weighted by atomic mass is 127. The van der Waals surface area contributed by atoms with Crippen molar-refractivity contribution in [3.63, 3.8) is 0 Å². The minimum absolute atomic E-state index is 0. The lowest BCUT2D eigenvalue weighted by Crippen LogP contribution is -2.51. The standard InChI is InChI=1S/C19H32N4O3.HI/c1-4-15(3)21-18(20-11-8-17-7-6-14-26-17)22-16-9-12-23(13-10-16)19(24)25-5-2;/h6-7,14-16H,4-5,8-13H2,1-3H3,(H2,20,21,22);1H. The molecule has 1 unspecified atom stereocenters. The predicted octanol–water partition coefficient (Wildman–Crippen LogP) is 3.39. The fraction of sp³-hybridized carbons (Fsp3) is 0.684. The highest BCUT2D eigenvalue weighted by molar-refractivity contribution is 14.0. The number of halogens is 1. The summed E-state index contributed by atoms with van der Waals surface area (Å²) < 4.78 is 10.4. The van der Waals surface area contributed by atoms with E-state index < -0.39 is 0 Å². The van der Waals surface area contributed by atoms with Crippen molar-refractivity contribution in [1.29, 1.82) is 0 Å². The molecule has 0 aromatic carbocycles. The van der Waals surface area contributed by atoms with E-state index >= 15 is 0 Å². The van der Waals surface area contributed by atoms with Crippen LogP contribution in [0, 0.1) is 0 Å². The van der Waals surface area contributed by atoms with Gasteiger partial charge in [-0.25, -0.2) is 4.79 Å². The molecule has 1 aliphatic heterocycles. The number of furan rings is 1. The summed E-state index contributed by atoms with van der Waals surface area (Å²) in [4.78, 5) is 18.3. The Morgan fingerprint density at radius 1 is 1.41 bits per heavy atom. The summed E-state index contributed by atoms with van der Waals surface area (Å²) in [5.74, 6) is 1.78. The van der Waals surface area contributed by atoms with Crippen LogP contribution in [0.25, 0.3) is 0 Å². The lowest BCUT2D eigenvalue weighted by molar-refractivity contribution is 0.0963. The van der Waals surface area contributed by atoms with Gasteiger partial charge >= 0.3 is 6.09 Å². The van der Waals surface area contributed by atoms with E-state index in [1.807, 2.05) is 19.1 Å². The molecule has 2 heterocycles. The third-order valence-corrected chi connectivity index (χ3v) is 4.57. The fourth-order valence-corrected chi connectivity index (χ4v) is 2.82. The molecule has 27 heavy (non-hydrogen) atoms. The van der Waals surface area contributed by atoms with Gasteiger partial charge in [-0.15, -0.1) is 24.0 Å². The summed E-state index contributed by atoms with van der Waals surface area (Å²) in [5.41, 5.74) is 0. The number of carbonyl (C=O) groups excluding carboxylic acids is 1. The average molecular weight is 492 g/mol. The van der Waals surface area contributed by atoms with Gasteiger partial charge in [-0.3, -0.25) is 4.99 Å². The molecule has 7 nitrogen and oxygen atoms in total. The van der Waals surface area contributed by atoms with Gasteiger partial charge in [0, 0.05) is 38.1 Å². The number of hydrogen-bond donors (Lipinski definition) is 2. The van der Waals surface area contributed by atoms with Gasteiger partial charge in [-0.2, -0.15) is 0 Å². The Balaban J connectivity index is 0.00000364. The van der Waals surface area contributed by atoms with Crippen LogP contribution in [0.5, 0.6) is 0 Å². The fourth-order valence-electron chi connectivity index (χ4n) is 2.82. The van der Waals surface area contributed by atoms with Gasteiger partial charge in [-0.05, 0) is 45.2 Å². The van der Waals surface area contributed by atoms with Crippen molar-refractivity contribution in [2.24, 2.45) is 4.99 Å².